The van der Waals surface area contributed by atoms with Gasteiger partial charge in [-0.3, -0.25) is 4.79 Å². The fourth-order valence-electron chi connectivity index (χ4n) is 6.18. The Kier molecular flexibility index (Phi) is 7.14. The Hall–Kier alpha value is -2.90. The predicted octanol–water partition coefficient (Wildman–Crippen LogP) is 6.55. The number of hydrogen-bond donors (Lipinski definition) is 0. The predicted molar refractivity (Wildman–Crippen MR) is 149 cm³/mol. The largest absolute Gasteiger partial charge is 0.368 e. The van der Waals surface area contributed by atoms with Gasteiger partial charge in [0.25, 0.3) is 0 Å². The first-order chi connectivity index (χ1) is 18.5. The topological polar surface area (TPSA) is 53.7 Å². The van der Waals surface area contributed by atoms with Gasteiger partial charge in [0, 0.05) is 43.6 Å². The van der Waals surface area contributed by atoms with Gasteiger partial charge in [-0.05, 0) is 60.7 Å². The van der Waals surface area contributed by atoms with E-state index in [0.29, 0.717) is 36.2 Å². The van der Waals surface area contributed by atoms with Crippen molar-refractivity contribution in [3.63, 3.8) is 0 Å². The highest BCUT2D eigenvalue weighted by Crippen LogP contribution is 2.42. The summed E-state index contributed by atoms with van der Waals surface area (Å²) in [6.07, 6.45) is 7.36. The number of piperazine rings is 1. The highest BCUT2D eigenvalue weighted by atomic mass is 35.5. The van der Waals surface area contributed by atoms with E-state index in [9.17, 15) is 9.18 Å². The molecule has 198 valence electrons. The number of hydrogen-bond acceptors (Lipinski definition) is 4. The summed E-state index contributed by atoms with van der Waals surface area (Å²) in [6, 6.07) is 13.7. The normalized spacial score (nSPS) is 22.2. The number of nitrogens with zero attached hydrogens (tertiary/aromatic N) is 5. The second kappa shape index (κ2) is 10.7. The summed E-state index contributed by atoms with van der Waals surface area (Å²) in [5, 5.41) is 5.54. The van der Waals surface area contributed by atoms with Crippen LogP contribution in [0.4, 0.5) is 15.9 Å². The lowest BCUT2D eigenvalue weighted by Gasteiger charge is -2.42. The summed E-state index contributed by atoms with van der Waals surface area (Å²) < 4.78 is 15.3. The third-order valence-corrected chi connectivity index (χ3v) is 8.89. The van der Waals surface area contributed by atoms with Crippen LogP contribution in [0.1, 0.15) is 43.7 Å². The van der Waals surface area contributed by atoms with Gasteiger partial charge in [-0.1, -0.05) is 48.5 Å². The zero-order valence-corrected chi connectivity index (χ0v) is 22.6. The van der Waals surface area contributed by atoms with Crippen LogP contribution >= 0.6 is 23.2 Å². The van der Waals surface area contributed by atoms with Gasteiger partial charge in [0.2, 0.25) is 5.91 Å². The molecule has 1 amide bonds. The Labute approximate surface area is 232 Å². The van der Waals surface area contributed by atoms with Crippen LogP contribution in [-0.2, 0) is 4.79 Å². The molecular formula is C29H30Cl2FN5O. The third-order valence-electron chi connectivity index (χ3n) is 8.15. The second-order valence-corrected chi connectivity index (χ2v) is 11.2. The lowest BCUT2D eigenvalue weighted by molar-refractivity contribution is -0.134. The van der Waals surface area contributed by atoms with Gasteiger partial charge in [0.05, 0.1) is 22.3 Å². The Morgan fingerprint density at radius 2 is 1.63 bits per heavy atom. The molecule has 2 aliphatic heterocycles. The fourth-order valence-corrected chi connectivity index (χ4v) is 6.49. The van der Waals surface area contributed by atoms with Crippen LogP contribution in [-0.4, -0.2) is 52.5 Å². The number of aromatic nitrogens is 2. The van der Waals surface area contributed by atoms with Crippen molar-refractivity contribution in [1.29, 1.82) is 0 Å². The van der Waals surface area contributed by atoms with Gasteiger partial charge < -0.3 is 9.80 Å². The number of halogens is 3. The molecule has 2 aromatic carbocycles. The number of carbonyl (C=O) groups is 1. The molecule has 3 heterocycles. The Morgan fingerprint density at radius 1 is 0.895 bits per heavy atom. The number of aliphatic imine (C=N–C) groups is 1. The quantitative estimate of drug-likeness (QED) is 0.368. The number of carbonyl (C=O) groups excluding carboxylic acids is 1. The minimum Gasteiger partial charge on any atom is -0.368 e. The van der Waals surface area contributed by atoms with Crippen molar-refractivity contribution in [2.45, 2.75) is 38.1 Å². The van der Waals surface area contributed by atoms with Crippen molar-refractivity contribution in [2.75, 3.05) is 31.1 Å². The van der Waals surface area contributed by atoms with Gasteiger partial charge in [0.15, 0.2) is 5.82 Å². The number of rotatable bonds is 4. The van der Waals surface area contributed by atoms with E-state index in [1.165, 1.54) is 18.6 Å². The molecule has 3 aliphatic rings. The zero-order valence-electron chi connectivity index (χ0n) is 21.1. The smallest absolute Gasteiger partial charge is 0.234 e. The summed E-state index contributed by atoms with van der Waals surface area (Å²) >= 11 is 12.7. The standard InChI is InChI=1S/C29H30Cl2FN5O/c30-23-11-6-20(18-24(23)31)28-26(27(19-4-2-1-3-5-19)34-25-12-13-33-37(25)28)29(38)36-16-14-35(15-17-36)22-9-7-21(32)8-10-22/h6-13,18-19,26,28H,1-5,14-17H2. The van der Waals surface area contributed by atoms with Crippen molar-refractivity contribution < 1.29 is 9.18 Å². The van der Waals surface area contributed by atoms with Gasteiger partial charge in [-0.2, -0.15) is 5.10 Å². The van der Waals surface area contributed by atoms with Crippen molar-refractivity contribution in [2.24, 2.45) is 16.8 Å². The molecular weight excluding hydrogens is 524 g/mol. The molecule has 0 spiro atoms. The highest BCUT2D eigenvalue weighted by molar-refractivity contribution is 6.42. The number of benzene rings is 2. The van der Waals surface area contributed by atoms with Crippen LogP contribution in [0.25, 0.3) is 0 Å². The average Bonchev–Trinajstić information content (AvgIpc) is 3.43. The highest BCUT2D eigenvalue weighted by Gasteiger charge is 2.44. The Bertz CT molecular complexity index is 1340. The van der Waals surface area contributed by atoms with Gasteiger partial charge in [-0.15, -0.1) is 0 Å². The second-order valence-electron chi connectivity index (χ2n) is 10.4. The van der Waals surface area contributed by atoms with Crippen molar-refractivity contribution in [3.8, 4) is 0 Å². The van der Waals surface area contributed by atoms with Gasteiger partial charge >= 0.3 is 0 Å². The fraction of sp³-hybridized carbons (Fsp3) is 0.414. The first-order valence-corrected chi connectivity index (χ1v) is 14.1. The molecule has 1 aliphatic carbocycles. The zero-order chi connectivity index (χ0) is 26.2. The SMILES string of the molecule is O=C(C1C(C2CCCCC2)=Nc2ccnn2C1c1ccc(Cl)c(Cl)c1)N1CCN(c2ccc(F)cc2)CC1. The first kappa shape index (κ1) is 25.4. The molecule has 0 bridgehead atoms. The maximum atomic E-state index is 14.4. The lowest BCUT2D eigenvalue weighted by Crippen LogP contribution is -2.54. The maximum absolute atomic E-state index is 14.4. The number of anilines is 1. The van der Waals surface area contributed by atoms with E-state index in [4.69, 9.17) is 28.2 Å². The van der Waals surface area contributed by atoms with Gasteiger partial charge in [0.1, 0.15) is 11.7 Å². The van der Waals surface area contributed by atoms with E-state index < -0.39 is 5.92 Å². The summed E-state index contributed by atoms with van der Waals surface area (Å²) in [5.41, 5.74) is 2.84. The lowest BCUT2D eigenvalue weighted by atomic mass is 9.76. The summed E-state index contributed by atoms with van der Waals surface area (Å²) in [6.45, 7) is 2.55. The van der Waals surface area contributed by atoms with Crippen LogP contribution in [0, 0.1) is 17.7 Å². The number of amides is 1. The van der Waals surface area contributed by atoms with Crippen molar-refractivity contribution >= 4 is 46.3 Å². The molecule has 0 radical (unpaired) electrons. The van der Waals surface area contributed by atoms with Crippen molar-refractivity contribution in [1.82, 2.24) is 14.7 Å². The molecule has 0 N–H and O–H groups in total. The molecule has 9 heteroatoms. The maximum Gasteiger partial charge on any atom is 0.234 e. The van der Waals surface area contributed by atoms with E-state index in [1.807, 2.05) is 27.8 Å². The van der Waals surface area contributed by atoms with E-state index in [2.05, 4.69) is 10.00 Å². The minimum absolute atomic E-state index is 0.0744. The minimum atomic E-state index is -0.472. The molecule has 6 rings (SSSR count). The molecule has 3 aromatic rings. The molecule has 38 heavy (non-hydrogen) atoms. The summed E-state index contributed by atoms with van der Waals surface area (Å²) in [4.78, 5) is 23.7. The van der Waals surface area contributed by atoms with Crippen LogP contribution < -0.4 is 4.90 Å². The molecule has 2 unspecified atom stereocenters. The van der Waals surface area contributed by atoms with E-state index in [0.717, 1.165) is 48.5 Å². The van der Waals surface area contributed by atoms with Crippen molar-refractivity contribution in [3.05, 3.63) is 76.2 Å². The first-order valence-electron chi connectivity index (χ1n) is 13.4. The summed E-state index contributed by atoms with van der Waals surface area (Å²) in [7, 11) is 0. The molecule has 2 atom stereocenters. The van der Waals surface area contributed by atoms with E-state index in [-0.39, 0.29) is 23.7 Å². The van der Waals surface area contributed by atoms with Crippen LogP contribution in [0.15, 0.2) is 59.7 Å². The van der Waals surface area contributed by atoms with Crippen LogP contribution in [0.3, 0.4) is 0 Å². The van der Waals surface area contributed by atoms with E-state index in [1.54, 1.807) is 24.4 Å². The van der Waals surface area contributed by atoms with Gasteiger partial charge in [-0.25, -0.2) is 14.1 Å². The molecule has 1 aromatic heterocycles. The monoisotopic (exact) mass is 553 g/mol. The average molecular weight is 554 g/mol. The Balaban J connectivity index is 1.34. The Morgan fingerprint density at radius 3 is 2.34 bits per heavy atom. The molecule has 1 saturated carbocycles. The van der Waals surface area contributed by atoms with Crippen LogP contribution in [0.5, 0.6) is 0 Å². The molecule has 6 nitrogen and oxygen atoms in total. The molecule has 2 fully saturated rings. The number of fused-ring (bicyclic) bond motifs is 1. The third kappa shape index (κ3) is 4.82. The molecule has 1 saturated heterocycles. The van der Waals surface area contributed by atoms with E-state index >= 15 is 0 Å². The summed E-state index contributed by atoms with van der Waals surface area (Å²) in [5.74, 6) is 0.394. The van der Waals surface area contributed by atoms with Crippen LogP contribution in [0.2, 0.25) is 10.0 Å².